The number of hydrogen-bond acceptors (Lipinski definition) is 6. The average Bonchev–Trinajstić information content (AvgIpc) is 2.89. The van der Waals surface area contributed by atoms with Crippen LogP contribution in [0.1, 0.15) is 19.3 Å². The highest BCUT2D eigenvalue weighted by molar-refractivity contribution is 7.89. The van der Waals surface area contributed by atoms with Gasteiger partial charge in [0.2, 0.25) is 15.9 Å². The molecule has 2 heterocycles. The van der Waals surface area contributed by atoms with Gasteiger partial charge in [0.1, 0.15) is 11.5 Å². The van der Waals surface area contributed by atoms with Crippen LogP contribution < -0.4 is 9.47 Å². The molecule has 2 fully saturated rings. The lowest BCUT2D eigenvalue weighted by Crippen LogP contribution is -2.51. The smallest absolute Gasteiger partial charge is 0.243 e. The molecule has 2 aliphatic rings. The number of benzene rings is 2. The second-order valence-electron chi connectivity index (χ2n) is 8.89. The van der Waals surface area contributed by atoms with E-state index in [1.54, 1.807) is 31.4 Å². The number of amides is 1. The molecule has 0 unspecified atom stereocenters. The number of sulfonamides is 1. The Hall–Kier alpha value is -2.62. The first-order valence-corrected chi connectivity index (χ1v) is 13.0. The normalized spacial score (nSPS) is 21.7. The minimum absolute atomic E-state index is 0.0173. The van der Waals surface area contributed by atoms with Gasteiger partial charge >= 0.3 is 0 Å². The number of rotatable bonds is 8. The number of hydrogen-bond donors (Lipinski definition) is 0. The van der Waals surface area contributed by atoms with Crippen molar-refractivity contribution >= 4 is 15.9 Å². The van der Waals surface area contributed by atoms with Gasteiger partial charge in [-0.2, -0.15) is 4.31 Å². The molecular weight excluding hydrogens is 456 g/mol. The van der Waals surface area contributed by atoms with Gasteiger partial charge in [-0.1, -0.05) is 18.2 Å². The summed E-state index contributed by atoms with van der Waals surface area (Å²) in [6.45, 7) is 3.07. The summed E-state index contributed by atoms with van der Waals surface area (Å²) in [5, 5.41) is 0. The first kappa shape index (κ1) is 24.5. The van der Waals surface area contributed by atoms with Crippen molar-refractivity contribution in [2.75, 3.05) is 53.1 Å². The van der Waals surface area contributed by atoms with E-state index in [1.807, 2.05) is 35.2 Å². The van der Waals surface area contributed by atoms with Crippen LogP contribution in [0.15, 0.2) is 59.5 Å². The van der Waals surface area contributed by atoms with Crippen LogP contribution in [0.5, 0.6) is 11.5 Å². The molecule has 0 saturated carbocycles. The SMILES string of the molecule is COc1ccc(S(=O)(=O)N2CCC[C@](COc3ccccc3)(CC(=O)N3CCOCC3)C2)cc1. The molecule has 9 heteroatoms. The van der Waals surface area contributed by atoms with E-state index >= 15 is 0 Å². The molecule has 0 aliphatic carbocycles. The van der Waals surface area contributed by atoms with E-state index < -0.39 is 15.4 Å². The summed E-state index contributed by atoms with van der Waals surface area (Å²) < 4.78 is 45.1. The first-order chi connectivity index (χ1) is 16.4. The molecule has 0 spiro atoms. The van der Waals surface area contributed by atoms with Gasteiger partial charge in [0.15, 0.2) is 0 Å². The maximum atomic E-state index is 13.5. The Bertz CT molecular complexity index is 1050. The molecule has 4 rings (SSSR count). The van der Waals surface area contributed by atoms with Crippen molar-refractivity contribution in [2.24, 2.45) is 5.41 Å². The summed E-state index contributed by atoms with van der Waals surface area (Å²) in [6, 6.07) is 15.8. The highest BCUT2D eigenvalue weighted by atomic mass is 32.2. The maximum absolute atomic E-state index is 13.5. The predicted molar refractivity (Wildman–Crippen MR) is 127 cm³/mol. The summed E-state index contributed by atoms with van der Waals surface area (Å²) in [7, 11) is -2.18. The van der Waals surface area contributed by atoms with Crippen molar-refractivity contribution in [3.05, 3.63) is 54.6 Å². The number of piperidine rings is 1. The van der Waals surface area contributed by atoms with Gasteiger partial charge in [0, 0.05) is 38.0 Å². The fourth-order valence-electron chi connectivity index (χ4n) is 4.58. The number of carbonyl (C=O) groups excluding carboxylic acids is 1. The molecular formula is C25H32N2O6S. The molecule has 2 aliphatic heterocycles. The average molecular weight is 489 g/mol. The van der Waals surface area contributed by atoms with Crippen LogP contribution in [0.25, 0.3) is 0 Å². The Balaban J connectivity index is 1.56. The molecule has 0 N–H and O–H groups in total. The van der Waals surface area contributed by atoms with Crippen LogP contribution >= 0.6 is 0 Å². The van der Waals surface area contributed by atoms with Gasteiger partial charge in [0.05, 0.1) is 31.8 Å². The van der Waals surface area contributed by atoms with Crippen LogP contribution in [-0.4, -0.2) is 76.6 Å². The fraction of sp³-hybridized carbons (Fsp3) is 0.480. The lowest BCUT2D eigenvalue weighted by Gasteiger charge is -2.42. The Morgan fingerprint density at radius 3 is 2.38 bits per heavy atom. The molecule has 1 amide bonds. The largest absolute Gasteiger partial charge is 0.497 e. The zero-order chi connectivity index (χ0) is 24.0. The van der Waals surface area contributed by atoms with E-state index in [1.165, 1.54) is 4.31 Å². The van der Waals surface area contributed by atoms with Gasteiger partial charge < -0.3 is 19.1 Å². The maximum Gasteiger partial charge on any atom is 0.243 e. The van der Waals surface area contributed by atoms with E-state index in [-0.39, 0.29) is 30.4 Å². The second kappa shape index (κ2) is 10.8. The van der Waals surface area contributed by atoms with E-state index in [0.29, 0.717) is 57.2 Å². The summed E-state index contributed by atoms with van der Waals surface area (Å²) >= 11 is 0. The molecule has 2 saturated heterocycles. The first-order valence-electron chi connectivity index (χ1n) is 11.6. The Morgan fingerprint density at radius 1 is 1.00 bits per heavy atom. The van der Waals surface area contributed by atoms with Crippen LogP contribution in [0, 0.1) is 5.41 Å². The third-order valence-corrected chi connectivity index (χ3v) is 8.36. The van der Waals surface area contributed by atoms with E-state index in [2.05, 4.69) is 0 Å². The van der Waals surface area contributed by atoms with Crippen molar-refractivity contribution in [2.45, 2.75) is 24.2 Å². The lowest BCUT2D eigenvalue weighted by molar-refractivity contribution is -0.139. The van der Waals surface area contributed by atoms with Crippen LogP contribution in [0.2, 0.25) is 0 Å². The number of ether oxygens (including phenoxy) is 3. The van der Waals surface area contributed by atoms with Gasteiger partial charge in [-0.25, -0.2) is 8.42 Å². The third-order valence-electron chi connectivity index (χ3n) is 6.50. The minimum atomic E-state index is -3.72. The van der Waals surface area contributed by atoms with E-state index in [9.17, 15) is 13.2 Å². The topological polar surface area (TPSA) is 85.4 Å². The molecule has 1 atom stereocenters. The molecule has 2 aromatic carbocycles. The van der Waals surface area contributed by atoms with Crippen molar-refractivity contribution in [3.8, 4) is 11.5 Å². The fourth-order valence-corrected chi connectivity index (χ4v) is 6.17. The number of morpholine rings is 1. The second-order valence-corrected chi connectivity index (χ2v) is 10.8. The highest BCUT2D eigenvalue weighted by Crippen LogP contribution is 2.37. The molecule has 0 radical (unpaired) electrons. The summed E-state index contributed by atoms with van der Waals surface area (Å²) in [4.78, 5) is 15.2. The standard InChI is InChI=1S/C25H32N2O6S/c1-31-21-8-10-23(11-9-21)34(29,30)27-13-5-12-25(19-27,20-33-22-6-3-2-4-7-22)18-24(28)26-14-16-32-17-15-26/h2-4,6-11H,5,12-20H2,1H3/t25-/m0/s1. The molecule has 0 bridgehead atoms. The number of nitrogens with zero attached hydrogens (tertiary/aromatic N) is 2. The lowest BCUT2D eigenvalue weighted by atomic mass is 9.78. The molecule has 8 nitrogen and oxygen atoms in total. The zero-order valence-corrected chi connectivity index (χ0v) is 20.3. The quantitative estimate of drug-likeness (QED) is 0.568. The monoisotopic (exact) mass is 488 g/mol. The van der Waals surface area contributed by atoms with Crippen molar-refractivity contribution in [1.82, 2.24) is 9.21 Å². The predicted octanol–water partition coefficient (Wildman–Crippen LogP) is 2.79. The van der Waals surface area contributed by atoms with Gasteiger partial charge in [0.25, 0.3) is 0 Å². The Kier molecular flexibility index (Phi) is 7.75. The van der Waals surface area contributed by atoms with Gasteiger partial charge in [-0.3, -0.25) is 4.79 Å². The summed E-state index contributed by atoms with van der Waals surface area (Å²) in [5.74, 6) is 1.32. The number of para-hydroxylation sites is 1. The van der Waals surface area contributed by atoms with Crippen LogP contribution in [-0.2, 0) is 19.6 Å². The Labute approximate surface area is 201 Å². The summed E-state index contributed by atoms with van der Waals surface area (Å²) in [6.07, 6.45) is 1.60. The summed E-state index contributed by atoms with van der Waals surface area (Å²) in [5.41, 5.74) is -0.622. The Morgan fingerprint density at radius 2 is 1.71 bits per heavy atom. The minimum Gasteiger partial charge on any atom is -0.497 e. The van der Waals surface area contributed by atoms with Crippen LogP contribution in [0.3, 0.4) is 0 Å². The number of methoxy groups -OCH3 is 1. The number of carbonyl (C=O) groups is 1. The van der Waals surface area contributed by atoms with Crippen LogP contribution in [0.4, 0.5) is 0 Å². The van der Waals surface area contributed by atoms with Crippen molar-refractivity contribution in [3.63, 3.8) is 0 Å². The van der Waals surface area contributed by atoms with Crippen molar-refractivity contribution < 1.29 is 27.4 Å². The third kappa shape index (κ3) is 5.71. The van der Waals surface area contributed by atoms with E-state index in [0.717, 1.165) is 0 Å². The van der Waals surface area contributed by atoms with Crippen molar-refractivity contribution in [1.29, 1.82) is 0 Å². The zero-order valence-electron chi connectivity index (χ0n) is 19.5. The van der Waals surface area contributed by atoms with E-state index in [4.69, 9.17) is 14.2 Å². The molecule has 2 aromatic rings. The van der Waals surface area contributed by atoms with Gasteiger partial charge in [-0.15, -0.1) is 0 Å². The molecule has 34 heavy (non-hydrogen) atoms. The molecule has 0 aromatic heterocycles. The molecule has 184 valence electrons. The van der Waals surface area contributed by atoms with Gasteiger partial charge in [-0.05, 0) is 49.2 Å². The highest BCUT2D eigenvalue weighted by Gasteiger charge is 2.43.